The molecule has 21 heavy (non-hydrogen) atoms. The summed E-state index contributed by atoms with van der Waals surface area (Å²) < 4.78 is 0. The molecule has 3 nitrogen and oxygen atoms in total. The fraction of sp³-hybridized carbons (Fsp3) is 0.944. The summed E-state index contributed by atoms with van der Waals surface area (Å²) in [4.78, 5) is 13.8. The molecule has 1 N–H and O–H groups in total. The lowest BCUT2D eigenvalue weighted by Gasteiger charge is -2.49. The molecule has 1 saturated carbocycles. The Balaban J connectivity index is 1.69. The number of carbonyl (C=O) groups is 1. The van der Waals surface area contributed by atoms with Crippen molar-refractivity contribution in [1.82, 2.24) is 4.90 Å². The normalized spacial score (nSPS) is 42.9. The van der Waals surface area contributed by atoms with Gasteiger partial charge in [-0.3, -0.25) is 9.69 Å². The summed E-state index contributed by atoms with van der Waals surface area (Å²) in [5.74, 6) is 0.639. The summed E-state index contributed by atoms with van der Waals surface area (Å²) in [7, 11) is 0. The highest BCUT2D eigenvalue weighted by molar-refractivity contribution is 5.67. The van der Waals surface area contributed by atoms with Gasteiger partial charge in [-0.15, -0.1) is 0 Å². The Labute approximate surface area is 129 Å². The maximum atomic E-state index is 11.0. The van der Waals surface area contributed by atoms with Crippen LogP contribution < -0.4 is 0 Å². The van der Waals surface area contributed by atoms with Crippen LogP contribution in [0.4, 0.5) is 0 Å². The van der Waals surface area contributed by atoms with Crippen molar-refractivity contribution < 1.29 is 9.90 Å². The van der Waals surface area contributed by atoms with Crippen molar-refractivity contribution in [2.24, 2.45) is 17.3 Å². The van der Waals surface area contributed by atoms with Crippen LogP contribution in [0.2, 0.25) is 0 Å². The number of carboxylic acid groups (broad SMARTS) is 1. The quantitative estimate of drug-likeness (QED) is 0.857. The molecular formula is C18H31NO2. The molecule has 4 atom stereocenters. The number of piperidine rings is 1. The van der Waals surface area contributed by atoms with Crippen molar-refractivity contribution in [3.63, 3.8) is 0 Å². The minimum Gasteiger partial charge on any atom is -0.481 e. The third-order valence-corrected chi connectivity index (χ3v) is 6.14. The van der Waals surface area contributed by atoms with Gasteiger partial charge < -0.3 is 5.11 Å². The van der Waals surface area contributed by atoms with E-state index in [1.807, 2.05) is 0 Å². The standard InChI is InChI=1S/C18H31NO2/c1-12-6-16(11-18(2,3)10-12)19-14-4-5-15(19)8-13(7-14)9-17(20)21/h12-16H,4-11H2,1-3H3,(H,20,21). The van der Waals surface area contributed by atoms with E-state index in [4.69, 9.17) is 5.11 Å². The Morgan fingerprint density at radius 3 is 2.24 bits per heavy atom. The number of rotatable bonds is 3. The second-order valence-corrected chi connectivity index (χ2v) is 8.83. The molecule has 4 unspecified atom stereocenters. The van der Waals surface area contributed by atoms with Crippen molar-refractivity contribution >= 4 is 5.97 Å². The first-order chi connectivity index (χ1) is 9.84. The van der Waals surface area contributed by atoms with E-state index < -0.39 is 5.97 Å². The van der Waals surface area contributed by atoms with Crippen molar-refractivity contribution in [3.05, 3.63) is 0 Å². The molecule has 3 heteroatoms. The van der Waals surface area contributed by atoms with Gasteiger partial charge in [-0.05, 0) is 62.2 Å². The molecule has 2 saturated heterocycles. The molecule has 3 fully saturated rings. The van der Waals surface area contributed by atoms with Gasteiger partial charge in [0.15, 0.2) is 0 Å². The Kier molecular flexibility index (Phi) is 4.06. The summed E-state index contributed by atoms with van der Waals surface area (Å²) in [5, 5.41) is 9.06. The zero-order chi connectivity index (χ0) is 15.2. The Morgan fingerprint density at radius 2 is 1.71 bits per heavy atom. The van der Waals surface area contributed by atoms with Crippen molar-refractivity contribution in [2.45, 2.75) is 90.3 Å². The molecule has 0 aromatic rings. The van der Waals surface area contributed by atoms with E-state index in [0.717, 1.165) is 24.8 Å². The summed E-state index contributed by atoms with van der Waals surface area (Å²) in [6, 6.07) is 2.07. The van der Waals surface area contributed by atoms with E-state index >= 15 is 0 Å². The monoisotopic (exact) mass is 293 g/mol. The number of fused-ring (bicyclic) bond motifs is 2. The molecule has 2 aliphatic heterocycles. The second-order valence-electron chi connectivity index (χ2n) is 8.83. The van der Waals surface area contributed by atoms with Gasteiger partial charge in [-0.1, -0.05) is 20.8 Å². The third-order valence-electron chi connectivity index (χ3n) is 6.14. The number of aliphatic carboxylic acids is 1. The highest BCUT2D eigenvalue weighted by atomic mass is 16.4. The third kappa shape index (κ3) is 3.28. The molecule has 3 aliphatic rings. The van der Waals surface area contributed by atoms with Gasteiger partial charge in [-0.25, -0.2) is 0 Å². The Hall–Kier alpha value is -0.570. The zero-order valence-corrected chi connectivity index (χ0v) is 13.8. The van der Waals surface area contributed by atoms with Crippen LogP contribution in [0, 0.1) is 17.3 Å². The molecule has 0 radical (unpaired) electrons. The number of nitrogens with zero attached hydrogens (tertiary/aromatic N) is 1. The lowest BCUT2D eigenvalue weighted by molar-refractivity contribution is -0.138. The summed E-state index contributed by atoms with van der Waals surface area (Å²) in [6.45, 7) is 7.26. The lowest BCUT2D eigenvalue weighted by atomic mass is 9.69. The lowest BCUT2D eigenvalue weighted by Crippen LogP contribution is -2.52. The van der Waals surface area contributed by atoms with Gasteiger partial charge in [0.1, 0.15) is 0 Å². The second kappa shape index (κ2) is 5.57. The first kappa shape index (κ1) is 15.3. The van der Waals surface area contributed by atoms with Crippen LogP contribution >= 0.6 is 0 Å². The van der Waals surface area contributed by atoms with E-state index in [1.165, 1.54) is 32.1 Å². The fourth-order valence-electron chi connectivity index (χ4n) is 5.86. The van der Waals surface area contributed by atoms with Crippen molar-refractivity contribution in [1.29, 1.82) is 0 Å². The summed E-state index contributed by atoms with van der Waals surface area (Å²) in [5.41, 5.74) is 0.472. The first-order valence-corrected chi connectivity index (χ1v) is 8.83. The predicted octanol–water partition coefficient (Wildman–Crippen LogP) is 3.92. The van der Waals surface area contributed by atoms with Crippen LogP contribution in [0.25, 0.3) is 0 Å². The van der Waals surface area contributed by atoms with Gasteiger partial charge in [-0.2, -0.15) is 0 Å². The minimum absolute atomic E-state index is 0.382. The zero-order valence-electron chi connectivity index (χ0n) is 13.8. The SMILES string of the molecule is CC1CC(N2C3CCC2CC(CC(=O)O)C3)CC(C)(C)C1. The van der Waals surface area contributed by atoms with Gasteiger partial charge in [0.05, 0.1) is 0 Å². The van der Waals surface area contributed by atoms with Gasteiger partial charge in [0.2, 0.25) is 0 Å². The first-order valence-electron chi connectivity index (χ1n) is 8.83. The average molecular weight is 293 g/mol. The molecule has 3 rings (SSSR count). The molecule has 0 aromatic heterocycles. The highest BCUT2D eigenvalue weighted by Crippen LogP contribution is 2.47. The van der Waals surface area contributed by atoms with Crippen LogP contribution in [0.15, 0.2) is 0 Å². The van der Waals surface area contributed by atoms with Crippen LogP contribution in [0.1, 0.15) is 72.1 Å². The summed E-state index contributed by atoms with van der Waals surface area (Å²) >= 11 is 0. The molecule has 2 bridgehead atoms. The predicted molar refractivity (Wildman–Crippen MR) is 84.2 cm³/mol. The topological polar surface area (TPSA) is 40.5 Å². The number of hydrogen-bond acceptors (Lipinski definition) is 2. The molecule has 0 spiro atoms. The molecule has 1 aliphatic carbocycles. The van der Waals surface area contributed by atoms with Gasteiger partial charge in [0.25, 0.3) is 0 Å². The van der Waals surface area contributed by atoms with Gasteiger partial charge >= 0.3 is 5.97 Å². The average Bonchev–Trinajstić information content (AvgIpc) is 2.58. The number of carboxylic acids is 1. The smallest absolute Gasteiger partial charge is 0.303 e. The van der Waals surface area contributed by atoms with Crippen LogP contribution in [0.3, 0.4) is 0 Å². The Bertz CT molecular complexity index is 392. The molecule has 120 valence electrons. The highest BCUT2D eigenvalue weighted by Gasteiger charge is 2.46. The maximum Gasteiger partial charge on any atom is 0.303 e. The molecule has 0 amide bonds. The molecule has 0 aromatic carbocycles. The van der Waals surface area contributed by atoms with Crippen LogP contribution in [0.5, 0.6) is 0 Å². The van der Waals surface area contributed by atoms with E-state index in [-0.39, 0.29) is 0 Å². The minimum atomic E-state index is -0.611. The molecular weight excluding hydrogens is 262 g/mol. The van der Waals surface area contributed by atoms with E-state index in [2.05, 4.69) is 25.7 Å². The maximum absolute atomic E-state index is 11.0. The van der Waals surface area contributed by atoms with Gasteiger partial charge in [0, 0.05) is 24.5 Å². The molecule has 2 heterocycles. The largest absolute Gasteiger partial charge is 0.481 e. The van der Waals surface area contributed by atoms with Crippen LogP contribution in [-0.2, 0) is 4.79 Å². The Morgan fingerprint density at radius 1 is 1.10 bits per heavy atom. The van der Waals surface area contributed by atoms with E-state index in [9.17, 15) is 4.79 Å². The van der Waals surface area contributed by atoms with Crippen LogP contribution in [-0.4, -0.2) is 34.1 Å². The summed E-state index contributed by atoms with van der Waals surface area (Å²) in [6.07, 6.45) is 9.25. The van der Waals surface area contributed by atoms with E-state index in [1.54, 1.807) is 0 Å². The van der Waals surface area contributed by atoms with Crippen molar-refractivity contribution in [3.8, 4) is 0 Å². The fourth-order valence-corrected chi connectivity index (χ4v) is 5.86. The number of hydrogen-bond donors (Lipinski definition) is 1. The van der Waals surface area contributed by atoms with E-state index in [0.29, 0.717) is 29.8 Å². The van der Waals surface area contributed by atoms with Crippen molar-refractivity contribution in [2.75, 3.05) is 0 Å².